The standard InChI is InChI=1S/C20H15ClN4O4S/c1-13-10-22-20(21)23-18(13)16-11-24(19-15(16)8-5-9-17(19)25(26)27)30(28,29)12-14-6-3-2-4-7-14/h2-11H,12H2,1H3. The molecule has 0 spiro atoms. The molecule has 0 radical (unpaired) electrons. The molecule has 0 bridgehead atoms. The average Bonchev–Trinajstić information content (AvgIpc) is 3.10. The number of nitrogens with zero attached hydrogens (tertiary/aromatic N) is 4. The van der Waals surface area contributed by atoms with Crippen molar-refractivity contribution in [1.29, 1.82) is 0 Å². The minimum absolute atomic E-state index is 0.00549. The third-order valence-corrected chi connectivity index (χ3v) is 6.42. The van der Waals surface area contributed by atoms with E-state index in [-0.39, 0.29) is 22.2 Å². The van der Waals surface area contributed by atoms with Crippen molar-refractivity contribution in [1.82, 2.24) is 13.9 Å². The molecule has 0 fully saturated rings. The molecule has 2 aromatic carbocycles. The minimum Gasteiger partial charge on any atom is -0.258 e. The molecule has 2 heterocycles. The predicted octanol–water partition coefficient (Wildman–Crippen LogP) is 4.35. The van der Waals surface area contributed by atoms with Gasteiger partial charge in [-0.25, -0.2) is 22.4 Å². The largest absolute Gasteiger partial charge is 0.294 e. The molecular formula is C20H15ClN4O4S. The Bertz CT molecular complexity index is 1380. The highest BCUT2D eigenvalue weighted by molar-refractivity contribution is 7.89. The lowest BCUT2D eigenvalue weighted by molar-refractivity contribution is -0.383. The van der Waals surface area contributed by atoms with Crippen LogP contribution in [0.15, 0.2) is 60.9 Å². The summed E-state index contributed by atoms with van der Waals surface area (Å²) < 4.78 is 27.5. The zero-order chi connectivity index (χ0) is 21.5. The maximum Gasteiger partial charge on any atom is 0.294 e. The number of rotatable bonds is 5. The van der Waals surface area contributed by atoms with E-state index in [9.17, 15) is 18.5 Å². The SMILES string of the molecule is Cc1cnc(Cl)nc1-c1cn(S(=O)(=O)Cc2ccccc2)c2c([N+](=O)[O-])cccc12. The Labute approximate surface area is 177 Å². The summed E-state index contributed by atoms with van der Waals surface area (Å²) in [6.07, 6.45) is 2.88. The second-order valence-electron chi connectivity index (χ2n) is 6.68. The molecular weight excluding hydrogens is 428 g/mol. The van der Waals surface area contributed by atoms with E-state index in [1.165, 1.54) is 24.5 Å². The number of aromatic nitrogens is 3. The van der Waals surface area contributed by atoms with Gasteiger partial charge in [-0.05, 0) is 29.7 Å². The summed E-state index contributed by atoms with van der Waals surface area (Å²) in [6, 6.07) is 13.0. The first-order chi connectivity index (χ1) is 14.3. The van der Waals surface area contributed by atoms with Gasteiger partial charge in [0.1, 0.15) is 5.52 Å². The van der Waals surface area contributed by atoms with E-state index in [4.69, 9.17) is 11.6 Å². The molecule has 0 atom stereocenters. The topological polar surface area (TPSA) is 108 Å². The Morgan fingerprint density at radius 2 is 1.87 bits per heavy atom. The number of benzene rings is 2. The van der Waals surface area contributed by atoms with Crippen LogP contribution in [0.25, 0.3) is 22.2 Å². The van der Waals surface area contributed by atoms with Gasteiger partial charge in [0.05, 0.1) is 16.4 Å². The van der Waals surface area contributed by atoms with Gasteiger partial charge in [-0.2, -0.15) is 0 Å². The van der Waals surface area contributed by atoms with Gasteiger partial charge in [0.2, 0.25) is 15.3 Å². The fraction of sp³-hybridized carbons (Fsp3) is 0.100. The van der Waals surface area contributed by atoms with Crippen LogP contribution in [-0.2, 0) is 15.8 Å². The Morgan fingerprint density at radius 3 is 2.57 bits per heavy atom. The van der Waals surface area contributed by atoms with Crippen LogP contribution >= 0.6 is 11.6 Å². The van der Waals surface area contributed by atoms with Crippen molar-refractivity contribution in [2.75, 3.05) is 0 Å². The molecule has 0 aliphatic rings. The average molecular weight is 443 g/mol. The molecule has 30 heavy (non-hydrogen) atoms. The first-order valence-corrected chi connectivity index (χ1v) is 10.8. The summed E-state index contributed by atoms with van der Waals surface area (Å²) in [5.74, 6) is -0.313. The number of hydrogen-bond acceptors (Lipinski definition) is 6. The Kier molecular flexibility index (Phi) is 5.00. The highest BCUT2D eigenvalue weighted by atomic mass is 35.5. The molecule has 2 aromatic heterocycles. The molecule has 0 aliphatic carbocycles. The zero-order valence-electron chi connectivity index (χ0n) is 15.7. The van der Waals surface area contributed by atoms with Crippen LogP contribution < -0.4 is 0 Å². The van der Waals surface area contributed by atoms with Crippen molar-refractivity contribution in [2.45, 2.75) is 12.7 Å². The summed E-state index contributed by atoms with van der Waals surface area (Å²) in [5.41, 5.74) is 1.74. The normalized spacial score (nSPS) is 11.7. The molecule has 0 unspecified atom stereocenters. The first kappa shape index (κ1) is 20.0. The van der Waals surface area contributed by atoms with Crippen molar-refractivity contribution in [3.05, 3.63) is 87.4 Å². The lowest BCUT2D eigenvalue weighted by Gasteiger charge is -2.08. The van der Waals surface area contributed by atoms with Crippen molar-refractivity contribution in [3.63, 3.8) is 0 Å². The number of aryl methyl sites for hydroxylation is 1. The zero-order valence-corrected chi connectivity index (χ0v) is 17.3. The van der Waals surface area contributed by atoms with Crippen LogP contribution in [0.3, 0.4) is 0 Å². The molecule has 0 saturated heterocycles. The second-order valence-corrected chi connectivity index (χ2v) is 8.87. The molecule has 0 aliphatic heterocycles. The van der Waals surface area contributed by atoms with Crippen molar-refractivity contribution < 1.29 is 13.3 Å². The number of fused-ring (bicyclic) bond motifs is 1. The van der Waals surface area contributed by atoms with Gasteiger partial charge >= 0.3 is 0 Å². The summed E-state index contributed by atoms with van der Waals surface area (Å²) in [6.45, 7) is 1.75. The summed E-state index contributed by atoms with van der Waals surface area (Å²) in [7, 11) is -3.97. The monoisotopic (exact) mass is 442 g/mol. The van der Waals surface area contributed by atoms with E-state index < -0.39 is 14.9 Å². The van der Waals surface area contributed by atoms with Crippen LogP contribution in [0.1, 0.15) is 11.1 Å². The van der Waals surface area contributed by atoms with Gasteiger partial charge in [-0.1, -0.05) is 42.5 Å². The fourth-order valence-corrected chi connectivity index (χ4v) is 4.96. The van der Waals surface area contributed by atoms with Crippen LogP contribution in [0.5, 0.6) is 0 Å². The number of para-hydroxylation sites is 1. The van der Waals surface area contributed by atoms with Gasteiger partial charge in [0.15, 0.2) is 0 Å². The van der Waals surface area contributed by atoms with Gasteiger partial charge in [-0.3, -0.25) is 10.1 Å². The third kappa shape index (κ3) is 3.53. The molecule has 0 N–H and O–H groups in total. The van der Waals surface area contributed by atoms with Gasteiger partial charge in [0.25, 0.3) is 5.69 Å². The number of hydrogen-bond donors (Lipinski definition) is 0. The summed E-state index contributed by atoms with van der Waals surface area (Å²) >= 11 is 5.95. The van der Waals surface area contributed by atoms with Crippen LogP contribution in [0.4, 0.5) is 5.69 Å². The molecule has 0 amide bonds. The molecule has 0 saturated carbocycles. The van der Waals surface area contributed by atoms with E-state index in [0.717, 1.165) is 3.97 Å². The smallest absolute Gasteiger partial charge is 0.258 e. The highest BCUT2D eigenvalue weighted by Gasteiger charge is 2.27. The second kappa shape index (κ2) is 7.51. The van der Waals surface area contributed by atoms with E-state index in [2.05, 4.69) is 9.97 Å². The van der Waals surface area contributed by atoms with Gasteiger partial charge in [-0.15, -0.1) is 0 Å². The number of non-ortho nitro benzene ring substituents is 1. The number of nitro benzene ring substituents is 1. The van der Waals surface area contributed by atoms with E-state index >= 15 is 0 Å². The summed E-state index contributed by atoms with van der Waals surface area (Å²) in [5, 5.41) is 12.1. The van der Waals surface area contributed by atoms with Crippen LogP contribution in [-0.4, -0.2) is 27.3 Å². The Balaban J connectivity index is 2.02. The first-order valence-electron chi connectivity index (χ1n) is 8.83. The lowest BCUT2D eigenvalue weighted by Crippen LogP contribution is -2.14. The summed E-state index contributed by atoms with van der Waals surface area (Å²) in [4.78, 5) is 19.2. The lowest BCUT2D eigenvalue weighted by atomic mass is 10.1. The molecule has 10 heteroatoms. The van der Waals surface area contributed by atoms with Crippen LogP contribution in [0.2, 0.25) is 5.28 Å². The molecule has 4 rings (SSSR count). The van der Waals surface area contributed by atoms with E-state index in [1.807, 2.05) is 0 Å². The van der Waals surface area contributed by atoms with Gasteiger partial charge < -0.3 is 0 Å². The van der Waals surface area contributed by atoms with Crippen molar-refractivity contribution >= 4 is 38.2 Å². The molecule has 4 aromatic rings. The van der Waals surface area contributed by atoms with Gasteiger partial charge in [0, 0.05) is 29.4 Å². The Hall–Kier alpha value is -3.30. The molecule has 8 nitrogen and oxygen atoms in total. The van der Waals surface area contributed by atoms with E-state index in [1.54, 1.807) is 43.3 Å². The van der Waals surface area contributed by atoms with Crippen molar-refractivity contribution in [3.8, 4) is 11.3 Å². The maximum atomic E-state index is 13.3. The maximum absolute atomic E-state index is 13.3. The quantitative estimate of drug-likeness (QED) is 0.258. The van der Waals surface area contributed by atoms with Crippen LogP contribution in [0, 0.1) is 17.0 Å². The van der Waals surface area contributed by atoms with Crippen molar-refractivity contribution in [2.24, 2.45) is 0 Å². The molecule has 152 valence electrons. The Morgan fingerprint density at radius 1 is 1.13 bits per heavy atom. The fourth-order valence-electron chi connectivity index (χ4n) is 3.33. The van der Waals surface area contributed by atoms with E-state index in [0.29, 0.717) is 27.8 Å². The highest BCUT2D eigenvalue weighted by Crippen LogP contribution is 2.37. The third-order valence-electron chi connectivity index (χ3n) is 4.66. The number of halogens is 1. The predicted molar refractivity (Wildman–Crippen MR) is 114 cm³/mol. The number of nitro groups is 1. The minimum atomic E-state index is -3.97.